The van der Waals surface area contributed by atoms with Gasteiger partial charge in [0, 0.05) is 12.1 Å². The molecule has 18 heavy (non-hydrogen) atoms. The van der Waals surface area contributed by atoms with Gasteiger partial charge in [0.05, 0.1) is 5.92 Å². The SMILES string of the molecule is CC(C)C1CCCCC1NC(=O)C1CCNC1C. The summed E-state index contributed by atoms with van der Waals surface area (Å²) in [4.78, 5) is 12.3. The van der Waals surface area contributed by atoms with Crippen LogP contribution in [0.5, 0.6) is 0 Å². The second-order valence-electron chi connectivity index (χ2n) is 6.45. The molecule has 0 radical (unpaired) electrons. The topological polar surface area (TPSA) is 41.1 Å². The molecule has 1 amide bonds. The first kappa shape index (κ1) is 13.9. The number of nitrogens with one attached hydrogen (secondary N) is 2. The average molecular weight is 252 g/mol. The molecule has 3 heteroatoms. The van der Waals surface area contributed by atoms with E-state index >= 15 is 0 Å². The quantitative estimate of drug-likeness (QED) is 0.809. The third kappa shape index (κ3) is 3.05. The van der Waals surface area contributed by atoms with Crippen molar-refractivity contribution in [2.75, 3.05) is 6.54 Å². The standard InChI is InChI=1S/C15H28N2O/c1-10(2)12-6-4-5-7-14(12)17-15(18)13-8-9-16-11(13)3/h10-14,16H,4-9H2,1-3H3,(H,17,18). The predicted molar refractivity (Wildman–Crippen MR) is 74.3 cm³/mol. The van der Waals surface area contributed by atoms with Crippen molar-refractivity contribution in [3.8, 4) is 0 Å². The van der Waals surface area contributed by atoms with Crippen molar-refractivity contribution in [3.05, 3.63) is 0 Å². The van der Waals surface area contributed by atoms with E-state index in [1.54, 1.807) is 0 Å². The molecule has 1 aliphatic heterocycles. The molecule has 1 saturated heterocycles. The summed E-state index contributed by atoms with van der Waals surface area (Å²) in [6, 6.07) is 0.755. The van der Waals surface area contributed by atoms with E-state index in [9.17, 15) is 4.79 Å². The highest BCUT2D eigenvalue weighted by Crippen LogP contribution is 2.30. The Morgan fingerprint density at radius 3 is 2.56 bits per heavy atom. The molecule has 0 bridgehead atoms. The lowest BCUT2D eigenvalue weighted by molar-refractivity contribution is -0.126. The van der Waals surface area contributed by atoms with E-state index < -0.39 is 0 Å². The summed E-state index contributed by atoms with van der Waals surface area (Å²) < 4.78 is 0. The largest absolute Gasteiger partial charge is 0.353 e. The van der Waals surface area contributed by atoms with Crippen molar-refractivity contribution >= 4 is 5.91 Å². The van der Waals surface area contributed by atoms with Gasteiger partial charge in [0.1, 0.15) is 0 Å². The fourth-order valence-corrected chi connectivity index (χ4v) is 3.64. The van der Waals surface area contributed by atoms with Gasteiger partial charge in [-0.1, -0.05) is 26.7 Å². The highest BCUT2D eigenvalue weighted by molar-refractivity contribution is 5.80. The fourth-order valence-electron chi connectivity index (χ4n) is 3.64. The lowest BCUT2D eigenvalue weighted by Gasteiger charge is -2.35. The second kappa shape index (κ2) is 6.05. The molecule has 2 fully saturated rings. The van der Waals surface area contributed by atoms with Gasteiger partial charge in [0.15, 0.2) is 0 Å². The summed E-state index contributed by atoms with van der Waals surface area (Å²) in [5, 5.41) is 6.70. The average Bonchev–Trinajstić information content (AvgIpc) is 2.76. The number of carbonyl (C=O) groups is 1. The molecular formula is C15H28N2O. The summed E-state index contributed by atoms with van der Waals surface area (Å²) in [6.07, 6.45) is 6.04. The van der Waals surface area contributed by atoms with Crippen molar-refractivity contribution in [2.24, 2.45) is 17.8 Å². The van der Waals surface area contributed by atoms with E-state index in [4.69, 9.17) is 0 Å². The van der Waals surface area contributed by atoms with Crippen LogP contribution in [0.25, 0.3) is 0 Å². The summed E-state index contributed by atoms with van der Waals surface area (Å²) >= 11 is 0. The molecule has 0 aromatic rings. The molecule has 3 nitrogen and oxygen atoms in total. The van der Waals surface area contributed by atoms with Crippen molar-refractivity contribution in [1.82, 2.24) is 10.6 Å². The van der Waals surface area contributed by atoms with E-state index in [2.05, 4.69) is 31.4 Å². The van der Waals surface area contributed by atoms with Gasteiger partial charge in [-0.3, -0.25) is 4.79 Å². The molecule has 1 saturated carbocycles. The van der Waals surface area contributed by atoms with Gasteiger partial charge in [-0.15, -0.1) is 0 Å². The van der Waals surface area contributed by atoms with Crippen LogP contribution in [0.3, 0.4) is 0 Å². The Labute approximate surface area is 111 Å². The highest BCUT2D eigenvalue weighted by atomic mass is 16.2. The highest BCUT2D eigenvalue weighted by Gasteiger charge is 2.34. The molecule has 4 atom stereocenters. The number of hydrogen-bond donors (Lipinski definition) is 2. The maximum absolute atomic E-state index is 12.3. The Kier molecular flexibility index (Phi) is 4.66. The number of rotatable bonds is 3. The Morgan fingerprint density at radius 1 is 1.22 bits per heavy atom. The molecule has 1 heterocycles. The third-order valence-electron chi connectivity index (χ3n) is 4.87. The van der Waals surface area contributed by atoms with Crippen LogP contribution in [0, 0.1) is 17.8 Å². The molecule has 4 unspecified atom stereocenters. The molecule has 2 rings (SSSR count). The van der Waals surface area contributed by atoms with E-state index in [0.29, 0.717) is 23.9 Å². The maximum atomic E-state index is 12.3. The van der Waals surface area contributed by atoms with Crippen LogP contribution in [0.4, 0.5) is 0 Å². The summed E-state index contributed by atoms with van der Waals surface area (Å²) in [7, 11) is 0. The van der Waals surface area contributed by atoms with Gasteiger partial charge in [-0.2, -0.15) is 0 Å². The predicted octanol–water partition coefficient (Wildman–Crippen LogP) is 2.32. The molecule has 0 aromatic heterocycles. The van der Waals surface area contributed by atoms with Crippen molar-refractivity contribution in [2.45, 2.75) is 65.0 Å². The van der Waals surface area contributed by atoms with Crippen LogP contribution in [-0.4, -0.2) is 24.5 Å². The summed E-state index contributed by atoms with van der Waals surface area (Å²) in [5.74, 6) is 1.81. The third-order valence-corrected chi connectivity index (χ3v) is 4.87. The molecule has 104 valence electrons. The Hall–Kier alpha value is -0.570. The zero-order chi connectivity index (χ0) is 13.1. The van der Waals surface area contributed by atoms with Crippen LogP contribution < -0.4 is 10.6 Å². The van der Waals surface area contributed by atoms with E-state index in [0.717, 1.165) is 13.0 Å². The van der Waals surface area contributed by atoms with Crippen LogP contribution in [0.15, 0.2) is 0 Å². The van der Waals surface area contributed by atoms with Crippen molar-refractivity contribution in [1.29, 1.82) is 0 Å². The lowest BCUT2D eigenvalue weighted by Crippen LogP contribution is -2.47. The maximum Gasteiger partial charge on any atom is 0.224 e. The second-order valence-corrected chi connectivity index (χ2v) is 6.45. The zero-order valence-electron chi connectivity index (χ0n) is 12.0. The summed E-state index contributed by atoms with van der Waals surface area (Å²) in [5.41, 5.74) is 0. The van der Waals surface area contributed by atoms with Gasteiger partial charge in [-0.05, 0) is 44.6 Å². The minimum Gasteiger partial charge on any atom is -0.353 e. The fraction of sp³-hybridized carbons (Fsp3) is 0.933. The molecule has 2 aliphatic rings. The molecule has 0 spiro atoms. The van der Waals surface area contributed by atoms with Gasteiger partial charge >= 0.3 is 0 Å². The Bertz CT molecular complexity index is 290. The van der Waals surface area contributed by atoms with Crippen molar-refractivity contribution < 1.29 is 4.79 Å². The first-order valence-electron chi connectivity index (χ1n) is 7.63. The first-order chi connectivity index (χ1) is 8.59. The zero-order valence-corrected chi connectivity index (χ0v) is 12.0. The van der Waals surface area contributed by atoms with E-state index in [1.165, 1.54) is 25.7 Å². The monoisotopic (exact) mass is 252 g/mol. The number of hydrogen-bond acceptors (Lipinski definition) is 2. The normalized spacial score (nSPS) is 36.9. The number of carbonyl (C=O) groups excluding carboxylic acids is 1. The van der Waals surface area contributed by atoms with Crippen LogP contribution in [0.2, 0.25) is 0 Å². The van der Waals surface area contributed by atoms with Crippen LogP contribution >= 0.6 is 0 Å². The van der Waals surface area contributed by atoms with Gasteiger partial charge in [0.25, 0.3) is 0 Å². The smallest absolute Gasteiger partial charge is 0.224 e. The van der Waals surface area contributed by atoms with Gasteiger partial charge in [-0.25, -0.2) is 0 Å². The van der Waals surface area contributed by atoms with Crippen LogP contribution in [0.1, 0.15) is 52.9 Å². The van der Waals surface area contributed by atoms with Crippen LogP contribution in [-0.2, 0) is 4.79 Å². The minimum absolute atomic E-state index is 0.180. The lowest BCUT2D eigenvalue weighted by atomic mass is 9.77. The summed E-state index contributed by atoms with van der Waals surface area (Å²) in [6.45, 7) is 7.68. The van der Waals surface area contributed by atoms with E-state index in [-0.39, 0.29) is 11.8 Å². The minimum atomic E-state index is 0.180. The van der Waals surface area contributed by atoms with Gasteiger partial charge in [0.2, 0.25) is 5.91 Å². The van der Waals surface area contributed by atoms with Crippen molar-refractivity contribution in [3.63, 3.8) is 0 Å². The molecular weight excluding hydrogens is 224 g/mol. The number of amides is 1. The molecule has 0 aromatic carbocycles. The van der Waals surface area contributed by atoms with E-state index in [1.807, 2.05) is 0 Å². The Balaban J connectivity index is 1.92. The Morgan fingerprint density at radius 2 is 1.94 bits per heavy atom. The van der Waals surface area contributed by atoms with Gasteiger partial charge < -0.3 is 10.6 Å². The first-order valence-corrected chi connectivity index (χ1v) is 7.63. The molecule has 2 N–H and O–H groups in total. The molecule has 1 aliphatic carbocycles.